The van der Waals surface area contributed by atoms with Crippen LogP contribution in [0.15, 0.2) is 176 Å². The molecule has 0 unspecified atom stereocenters. The Morgan fingerprint density at radius 2 is 1.04 bits per heavy atom. The van der Waals surface area contributed by atoms with Crippen LogP contribution in [0.5, 0.6) is 23.0 Å². The number of para-hydroxylation sites is 3. The average Bonchev–Trinajstić information content (AvgIpc) is 3.56. The number of hydrogen-bond donors (Lipinski definition) is 0. The van der Waals surface area contributed by atoms with Crippen molar-refractivity contribution < 1.29 is 9.47 Å². The third kappa shape index (κ3) is 3.96. The Bertz CT molecular complexity index is 2970. The molecular formula is C48H29BN2O2. The van der Waals surface area contributed by atoms with Gasteiger partial charge in [-0.25, -0.2) is 0 Å². The molecule has 4 heterocycles. The summed E-state index contributed by atoms with van der Waals surface area (Å²) < 4.78 is 16.0. The Kier molecular flexibility index (Phi) is 5.83. The zero-order valence-electron chi connectivity index (χ0n) is 28.5. The third-order valence-corrected chi connectivity index (χ3v) is 11.2. The van der Waals surface area contributed by atoms with Crippen molar-refractivity contribution in [2.45, 2.75) is 0 Å². The molecule has 0 N–H and O–H groups in total. The first-order valence-corrected chi connectivity index (χ1v) is 18.1. The van der Waals surface area contributed by atoms with Crippen molar-refractivity contribution >= 4 is 62.0 Å². The zero-order valence-corrected chi connectivity index (χ0v) is 28.5. The summed E-state index contributed by atoms with van der Waals surface area (Å²) in [6, 6.07) is 62.7. The summed E-state index contributed by atoms with van der Waals surface area (Å²) in [5.41, 5.74) is 14.9. The molecule has 3 aliphatic heterocycles. The summed E-state index contributed by atoms with van der Waals surface area (Å²) in [6.07, 6.45) is 0. The predicted octanol–water partition coefficient (Wildman–Crippen LogP) is 10.6. The molecule has 0 saturated carbocycles. The minimum absolute atomic E-state index is 0.0131. The van der Waals surface area contributed by atoms with E-state index in [0.29, 0.717) is 0 Å². The number of fused-ring (bicyclic) bond motifs is 3. The lowest BCUT2D eigenvalue weighted by Crippen LogP contribution is -2.61. The number of aromatic nitrogens is 1. The van der Waals surface area contributed by atoms with E-state index in [2.05, 4.69) is 179 Å². The fourth-order valence-electron chi connectivity index (χ4n) is 9.11. The van der Waals surface area contributed by atoms with Crippen molar-refractivity contribution in [3.63, 3.8) is 0 Å². The Balaban J connectivity index is 1.09. The lowest BCUT2D eigenvalue weighted by atomic mass is 9.33. The van der Waals surface area contributed by atoms with Crippen LogP contribution in [-0.4, -0.2) is 11.3 Å². The van der Waals surface area contributed by atoms with E-state index in [0.717, 1.165) is 67.9 Å². The van der Waals surface area contributed by atoms with Gasteiger partial charge in [0, 0.05) is 44.5 Å². The fraction of sp³-hybridized carbons (Fsp3) is 0. The molecule has 246 valence electrons. The van der Waals surface area contributed by atoms with Gasteiger partial charge in [-0.3, -0.25) is 0 Å². The quantitative estimate of drug-likeness (QED) is 0.174. The molecule has 12 rings (SSSR count). The predicted molar refractivity (Wildman–Crippen MR) is 218 cm³/mol. The van der Waals surface area contributed by atoms with Crippen LogP contribution in [0.3, 0.4) is 0 Å². The highest BCUT2D eigenvalue weighted by Gasteiger charge is 2.48. The Morgan fingerprint density at radius 3 is 1.87 bits per heavy atom. The molecule has 0 spiro atoms. The zero-order chi connectivity index (χ0) is 34.6. The van der Waals surface area contributed by atoms with E-state index in [-0.39, 0.29) is 6.71 Å². The minimum Gasteiger partial charge on any atom is -0.458 e. The van der Waals surface area contributed by atoms with Crippen LogP contribution in [0, 0.1) is 0 Å². The lowest BCUT2D eigenvalue weighted by molar-refractivity contribution is 0.465. The molecule has 0 atom stereocenters. The molecule has 53 heavy (non-hydrogen) atoms. The molecule has 8 aromatic carbocycles. The second kappa shape index (κ2) is 10.8. The molecule has 0 amide bonds. The highest BCUT2D eigenvalue weighted by molar-refractivity contribution is 7.00. The SMILES string of the molecule is c1ccc(N2c3cccc4c3B3c5c(cccc5Oc5c(-c6cccc(-c7cccc8c7c7ccccc7n8-c7ccccc7)c6)ccc2c53)O4)cc1. The van der Waals surface area contributed by atoms with Gasteiger partial charge in [-0.05, 0) is 106 Å². The van der Waals surface area contributed by atoms with Crippen molar-refractivity contribution in [2.75, 3.05) is 4.90 Å². The number of nitrogens with zero attached hydrogens (tertiary/aromatic N) is 2. The summed E-state index contributed by atoms with van der Waals surface area (Å²) >= 11 is 0. The highest BCUT2D eigenvalue weighted by atomic mass is 16.5. The van der Waals surface area contributed by atoms with E-state index in [4.69, 9.17) is 9.47 Å². The molecule has 1 aromatic heterocycles. The number of rotatable bonds is 4. The summed E-state index contributed by atoms with van der Waals surface area (Å²) in [5.74, 6) is 3.50. The summed E-state index contributed by atoms with van der Waals surface area (Å²) in [6.45, 7) is -0.0131. The minimum atomic E-state index is -0.0131. The van der Waals surface area contributed by atoms with Crippen LogP contribution in [0.4, 0.5) is 17.1 Å². The molecule has 4 nitrogen and oxygen atoms in total. The normalized spacial score (nSPS) is 13.1. The van der Waals surface area contributed by atoms with Crippen molar-refractivity contribution in [1.82, 2.24) is 4.57 Å². The summed E-state index contributed by atoms with van der Waals surface area (Å²) in [7, 11) is 0. The van der Waals surface area contributed by atoms with Crippen LogP contribution in [-0.2, 0) is 0 Å². The van der Waals surface area contributed by atoms with Gasteiger partial charge >= 0.3 is 0 Å². The Morgan fingerprint density at radius 1 is 0.415 bits per heavy atom. The van der Waals surface area contributed by atoms with E-state index in [1.54, 1.807) is 0 Å². The van der Waals surface area contributed by atoms with Crippen LogP contribution < -0.4 is 30.8 Å². The third-order valence-electron chi connectivity index (χ3n) is 11.2. The van der Waals surface area contributed by atoms with Gasteiger partial charge < -0.3 is 18.9 Å². The van der Waals surface area contributed by atoms with Gasteiger partial charge in [-0.2, -0.15) is 0 Å². The molecule has 3 aliphatic rings. The lowest BCUT2D eigenvalue weighted by Gasteiger charge is -2.43. The fourth-order valence-corrected chi connectivity index (χ4v) is 9.11. The van der Waals surface area contributed by atoms with E-state index in [9.17, 15) is 0 Å². The highest BCUT2D eigenvalue weighted by Crippen LogP contribution is 2.48. The standard InChI is InChI=1S/C48H29BN2O2/c1-3-15-32(16-4-1)50-37-21-8-7-19-36(37)44-34(20-10-22-38(44)50)30-13-9-14-31(29-30)35-27-28-40-46-48(35)53-43-26-12-25-42-47(43)49(46)45-39(23-11-24-41(45)52-42)51(40)33-17-5-2-6-18-33/h1-29H. The van der Waals surface area contributed by atoms with Crippen molar-refractivity contribution in [1.29, 1.82) is 0 Å². The topological polar surface area (TPSA) is 26.6 Å². The molecule has 0 fully saturated rings. The average molecular weight is 677 g/mol. The molecule has 9 aromatic rings. The van der Waals surface area contributed by atoms with Gasteiger partial charge in [0.15, 0.2) is 0 Å². The molecule has 0 saturated heterocycles. The monoisotopic (exact) mass is 676 g/mol. The van der Waals surface area contributed by atoms with E-state index < -0.39 is 0 Å². The Hall–Kier alpha value is -6.98. The van der Waals surface area contributed by atoms with Gasteiger partial charge in [-0.1, -0.05) is 97.1 Å². The maximum Gasteiger partial charge on any atom is 0.266 e. The number of anilines is 3. The summed E-state index contributed by atoms with van der Waals surface area (Å²) in [5, 5.41) is 2.49. The van der Waals surface area contributed by atoms with Gasteiger partial charge in [0.1, 0.15) is 23.0 Å². The van der Waals surface area contributed by atoms with E-state index in [1.165, 1.54) is 38.3 Å². The maximum atomic E-state index is 7.03. The van der Waals surface area contributed by atoms with Crippen molar-refractivity contribution in [2.24, 2.45) is 0 Å². The Labute approximate surface area is 306 Å². The smallest absolute Gasteiger partial charge is 0.266 e. The number of ether oxygens (including phenoxy) is 2. The molecule has 0 radical (unpaired) electrons. The summed E-state index contributed by atoms with van der Waals surface area (Å²) in [4.78, 5) is 2.36. The maximum absolute atomic E-state index is 7.03. The van der Waals surface area contributed by atoms with Gasteiger partial charge in [-0.15, -0.1) is 0 Å². The van der Waals surface area contributed by atoms with Crippen molar-refractivity contribution in [3.8, 4) is 50.9 Å². The molecule has 0 aliphatic carbocycles. The second-order valence-corrected chi connectivity index (χ2v) is 14.0. The molecular weight excluding hydrogens is 647 g/mol. The largest absolute Gasteiger partial charge is 0.458 e. The first-order chi connectivity index (χ1) is 26.3. The molecule has 0 bridgehead atoms. The number of benzene rings is 8. The van der Waals surface area contributed by atoms with E-state index >= 15 is 0 Å². The first-order valence-electron chi connectivity index (χ1n) is 18.1. The van der Waals surface area contributed by atoms with Crippen LogP contribution in [0.1, 0.15) is 0 Å². The first kappa shape index (κ1) is 28.7. The van der Waals surface area contributed by atoms with Gasteiger partial charge in [0.2, 0.25) is 0 Å². The molecule has 5 heteroatoms. The second-order valence-electron chi connectivity index (χ2n) is 14.0. The van der Waals surface area contributed by atoms with Gasteiger partial charge in [0.05, 0.1) is 11.0 Å². The van der Waals surface area contributed by atoms with Gasteiger partial charge in [0.25, 0.3) is 6.71 Å². The van der Waals surface area contributed by atoms with E-state index in [1.807, 2.05) is 6.07 Å². The van der Waals surface area contributed by atoms with Crippen LogP contribution >= 0.6 is 0 Å². The van der Waals surface area contributed by atoms with Crippen LogP contribution in [0.2, 0.25) is 0 Å². The van der Waals surface area contributed by atoms with Crippen molar-refractivity contribution in [3.05, 3.63) is 176 Å². The van der Waals surface area contributed by atoms with Crippen LogP contribution in [0.25, 0.3) is 49.7 Å². The number of hydrogen-bond acceptors (Lipinski definition) is 3.